The summed E-state index contributed by atoms with van der Waals surface area (Å²) in [5.41, 5.74) is 1.52. The summed E-state index contributed by atoms with van der Waals surface area (Å²) in [6.07, 6.45) is 2.33. The van der Waals surface area contributed by atoms with Gasteiger partial charge in [0.15, 0.2) is 6.10 Å². The molecule has 0 radical (unpaired) electrons. The summed E-state index contributed by atoms with van der Waals surface area (Å²) in [4.78, 5) is 12.5. The summed E-state index contributed by atoms with van der Waals surface area (Å²) >= 11 is 0. The molecular formula is C22H26N2O4S. The van der Waals surface area contributed by atoms with Gasteiger partial charge in [0.25, 0.3) is 5.91 Å². The Bertz CT molecular complexity index is 959. The predicted octanol–water partition coefficient (Wildman–Crippen LogP) is 3.76. The van der Waals surface area contributed by atoms with Crippen LogP contribution in [-0.2, 0) is 14.8 Å². The quantitative estimate of drug-likeness (QED) is 0.601. The van der Waals surface area contributed by atoms with Gasteiger partial charge < -0.3 is 10.1 Å². The highest BCUT2D eigenvalue weighted by molar-refractivity contribution is 7.89. The van der Waals surface area contributed by atoms with Crippen LogP contribution in [0.25, 0.3) is 0 Å². The number of carbonyl (C=O) groups excluding carboxylic acids is 1. The first kappa shape index (κ1) is 22.4. The van der Waals surface area contributed by atoms with Crippen molar-refractivity contribution in [3.05, 3.63) is 79.4 Å². The number of amides is 1. The molecule has 2 rings (SSSR count). The van der Waals surface area contributed by atoms with E-state index in [0.717, 1.165) is 5.56 Å². The van der Waals surface area contributed by atoms with Crippen LogP contribution in [0.2, 0.25) is 0 Å². The fraction of sp³-hybridized carbons (Fsp3) is 0.227. The van der Waals surface area contributed by atoms with E-state index in [1.807, 2.05) is 25.1 Å². The molecule has 6 nitrogen and oxygen atoms in total. The molecule has 0 bridgehead atoms. The molecule has 0 fully saturated rings. The first-order valence-corrected chi connectivity index (χ1v) is 10.6. The SMILES string of the molecule is C=CCN(CC=C)S(=O)(=O)c1ccc(NC(=O)C(C)Oc2cccc(C)c2)cc1. The van der Waals surface area contributed by atoms with Crippen molar-refractivity contribution in [1.29, 1.82) is 0 Å². The van der Waals surface area contributed by atoms with Crippen LogP contribution < -0.4 is 10.1 Å². The van der Waals surface area contributed by atoms with Crippen molar-refractivity contribution in [3.8, 4) is 5.75 Å². The van der Waals surface area contributed by atoms with Crippen molar-refractivity contribution < 1.29 is 17.9 Å². The van der Waals surface area contributed by atoms with E-state index < -0.39 is 16.1 Å². The molecule has 0 aliphatic carbocycles. The van der Waals surface area contributed by atoms with Crippen molar-refractivity contribution in [2.75, 3.05) is 18.4 Å². The zero-order valence-electron chi connectivity index (χ0n) is 16.7. The second kappa shape index (κ2) is 10.0. The van der Waals surface area contributed by atoms with Crippen LogP contribution in [0.1, 0.15) is 12.5 Å². The smallest absolute Gasteiger partial charge is 0.265 e. The fourth-order valence-corrected chi connectivity index (χ4v) is 3.99. The monoisotopic (exact) mass is 414 g/mol. The minimum absolute atomic E-state index is 0.128. The van der Waals surface area contributed by atoms with Gasteiger partial charge in [-0.3, -0.25) is 4.79 Å². The standard InChI is InChI=1S/C22H26N2O4S/c1-5-14-24(15-6-2)29(26,27)21-12-10-19(11-13-21)23-22(25)18(4)28-20-9-7-8-17(3)16-20/h5-13,16,18H,1-2,14-15H2,3-4H3,(H,23,25). The number of nitrogens with zero attached hydrogens (tertiary/aromatic N) is 1. The Kier molecular flexibility index (Phi) is 7.75. The molecule has 1 N–H and O–H groups in total. The minimum Gasteiger partial charge on any atom is -0.481 e. The molecule has 2 aromatic carbocycles. The van der Waals surface area contributed by atoms with Crippen LogP contribution in [0.5, 0.6) is 5.75 Å². The Morgan fingerprint density at radius 1 is 1.14 bits per heavy atom. The number of benzene rings is 2. The number of anilines is 1. The van der Waals surface area contributed by atoms with Crippen LogP contribution in [0, 0.1) is 6.92 Å². The maximum Gasteiger partial charge on any atom is 0.265 e. The maximum absolute atomic E-state index is 12.7. The molecule has 2 aromatic rings. The number of ether oxygens (including phenoxy) is 1. The second-order valence-corrected chi connectivity index (χ2v) is 8.43. The first-order chi connectivity index (χ1) is 13.8. The summed E-state index contributed by atoms with van der Waals surface area (Å²) in [5, 5.41) is 2.73. The number of hydrogen-bond acceptors (Lipinski definition) is 4. The summed E-state index contributed by atoms with van der Waals surface area (Å²) in [6.45, 7) is 11.1. The molecule has 29 heavy (non-hydrogen) atoms. The van der Waals surface area contributed by atoms with Gasteiger partial charge in [-0.15, -0.1) is 13.2 Å². The number of carbonyl (C=O) groups is 1. The van der Waals surface area contributed by atoms with Gasteiger partial charge in [0.2, 0.25) is 10.0 Å². The lowest BCUT2D eigenvalue weighted by atomic mass is 10.2. The molecule has 0 aliphatic heterocycles. The van der Waals surface area contributed by atoms with Gasteiger partial charge in [0, 0.05) is 18.8 Å². The van der Waals surface area contributed by atoms with Crippen LogP contribution in [0.15, 0.2) is 78.7 Å². The number of nitrogens with one attached hydrogen (secondary N) is 1. The Hall–Kier alpha value is -2.90. The average molecular weight is 415 g/mol. The summed E-state index contributed by atoms with van der Waals surface area (Å²) in [5.74, 6) is 0.278. The van der Waals surface area contributed by atoms with Crippen LogP contribution in [-0.4, -0.2) is 37.8 Å². The summed E-state index contributed by atoms with van der Waals surface area (Å²) < 4.78 is 32.3. The van der Waals surface area contributed by atoms with E-state index in [9.17, 15) is 13.2 Å². The Morgan fingerprint density at radius 2 is 1.76 bits per heavy atom. The van der Waals surface area contributed by atoms with E-state index in [-0.39, 0.29) is 23.9 Å². The van der Waals surface area contributed by atoms with Gasteiger partial charge in [-0.25, -0.2) is 8.42 Å². The Balaban J connectivity index is 2.06. The Morgan fingerprint density at radius 3 is 2.31 bits per heavy atom. The van der Waals surface area contributed by atoms with Gasteiger partial charge in [-0.2, -0.15) is 4.31 Å². The summed E-state index contributed by atoms with van der Waals surface area (Å²) in [7, 11) is -3.68. The van der Waals surface area contributed by atoms with Crippen molar-refractivity contribution >= 4 is 21.6 Å². The molecule has 1 atom stereocenters. The highest BCUT2D eigenvalue weighted by atomic mass is 32.2. The van der Waals surface area contributed by atoms with E-state index in [1.54, 1.807) is 25.1 Å². The van der Waals surface area contributed by atoms with E-state index in [0.29, 0.717) is 11.4 Å². The second-order valence-electron chi connectivity index (χ2n) is 6.49. The third kappa shape index (κ3) is 6.04. The lowest BCUT2D eigenvalue weighted by Gasteiger charge is -2.19. The molecule has 1 amide bonds. The van der Waals surface area contributed by atoms with Crippen molar-refractivity contribution in [1.82, 2.24) is 4.31 Å². The fourth-order valence-electron chi connectivity index (χ4n) is 2.61. The first-order valence-electron chi connectivity index (χ1n) is 9.14. The largest absolute Gasteiger partial charge is 0.481 e. The zero-order valence-corrected chi connectivity index (χ0v) is 17.5. The number of hydrogen-bond donors (Lipinski definition) is 1. The van der Waals surface area contributed by atoms with Gasteiger partial charge >= 0.3 is 0 Å². The lowest BCUT2D eigenvalue weighted by Crippen LogP contribution is -2.31. The van der Waals surface area contributed by atoms with Crippen LogP contribution in [0.3, 0.4) is 0 Å². The molecule has 154 valence electrons. The van der Waals surface area contributed by atoms with Crippen LogP contribution in [0.4, 0.5) is 5.69 Å². The molecule has 1 unspecified atom stereocenters. The zero-order chi connectivity index (χ0) is 21.4. The highest BCUT2D eigenvalue weighted by Gasteiger charge is 2.22. The molecule has 0 aromatic heterocycles. The minimum atomic E-state index is -3.68. The lowest BCUT2D eigenvalue weighted by molar-refractivity contribution is -0.122. The molecule has 0 saturated carbocycles. The number of aryl methyl sites for hydroxylation is 1. The molecule has 0 spiro atoms. The average Bonchev–Trinajstić information content (AvgIpc) is 2.68. The number of rotatable bonds is 10. The molecule has 7 heteroatoms. The van der Waals surface area contributed by atoms with E-state index in [2.05, 4.69) is 18.5 Å². The van der Waals surface area contributed by atoms with E-state index in [4.69, 9.17) is 4.74 Å². The predicted molar refractivity (Wildman–Crippen MR) is 115 cm³/mol. The van der Waals surface area contributed by atoms with Crippen molar-refractivity contribution in [3.63, 3.8) is 0 Å². The van der Waals surface area contributed by atoms with Gasteiger partial charge in [0.05, 0.1) is 4.90 Å². The molecule has 0 heterocycles. The third-order valence-electron chi connectivity index (χ3n) is 4.10. The summed E-state index contributed by atoms with van der Waals surface area (Å²) in [6, 6.07) is 13.4. The molecule has 0 aliphatic rings. The topological polar surface area (TPSA) is 75.7 Å². The van der Waals surface area contributed by atoms with E-state index >= 15 is 0 Å². The Labute approximate surface area is 172 Å². The van der Waals surface area contributed by atoms with Crippen LogP contribution >= 0.6 is 0 Å². The number of sulfonamides is 1. The normalized spacial score (nSPS) is 12.2. The van der Waals surface area contributed by atoms with Crippen molar-refractivity contribution in [2.24, 2.45) is 0 Å². The van der Waals surface area contributed by atoms with E-state index in [1.165, 1.54) is 28.6 Å². The van der Waals surface area contributed by atoms with Crippen molar-refractivity contribution in [2.45, 2.75) is 24.8 Å². The maximum atomic E-state index is 12.7. The van der Waals surface area contributed by atoms with Gasteiger partial charge in [-0.05, 0) is 55.8 Å². The highest BCUT2D eigenvalue weighted by Crippen LogP contribution is 2.19. The third-order valence-corrected chi connectivity index (χ3v) is 5.94. The molecular weight excluding hydrogens is 388 g/mol. The molecule has 0 saturated heterocycles. The van der Waals surface area contributed by atoms with Gasteiger partial charge in [-0.1, -0.05) is 24.3 Å². The van der Waals surface area contributed by atoms with Gasteiger partial charge in [0.1, 0.15) is 5.75 Å².